The standard InChI is InChI=1S/C13H12O9S3.Ca.2H/c1-7(2)10-8-5-3-4-6-9(8)11(23(14,15)16)13(25(20,21)22)12(10)24(17,18)19;;;/h3-6H,1H2,2H3,(H,14,15,16)(H,17,18,19)(H,20,21,22);;;/q;+2;2*-1. The maximum atomic E-state index is 11.8. The first-order valence-corrected chi connectivity index (χ1v) is 10.7. The third-order valence-electron chi connectivity index (χ3n) is 3.28. The summed E-state index contributed by atoms with van der Waals surface area (Å²) >= 11 is 0. The zero-order chi connectivity index (χ0) is 19.4. The SMILES string of the molecule is C=C(C)c1c(S(=O)(=O)O)c(S(=O)(=O)O)c(S(=O)(=O)O)c2ccccc12.[Ca+2].[H-].[H-]. The molecule has 0 radical (unpaired) electrons. The Balaban J connectivity index is 0. The van der Waals surface area contributed by atoms with Crippen molar-refractivity contribution < 1.29 is 41.8 Å². The Morgan fingerprint density at radius 1 is 0.808 bits per heavy atom. The molecule has 0 aliphatic rings. The minimum atomic E-state index is -5.50. The third-order valence-corrected chi connectivity index (χ3v) is 6.33. The van der Waals surface area contributed by atoms with Crippen LogP contribution in [0.5, 0.6) is 0 Å². The van der Waals surface area contributed by atoms with Crippen LogP contribution < -0.4 is 0 Å². The molecule has 0 heterocycles. The van der Waals surface area contributed by atoms with Gasteiger partial charge in [0.1, 0.15) is 14.7 Å². The zero-order valence-electron chi connectivity index (χ0n) is 15.2. The normalized spacial score (nSPS) is 12.6. The summed E-state index contributed by atoms with van der Waals surface area (Å²) in [5, 5.41) is -0.481. The van der Waals surface area contributed by atoms with Crippen LogP contribution in [-0.2, 0) is 30.4 Å². The number of hydrogen-bond donors (Lipinski definition) is 3. The number of benzene rings is 2. The number of allylic oxidation sites excluding steroid dienone is 1. The van der Waals surface area contributed by atoms with Gasteiger partial charge < -0.3 is 2.85 Å². The first-order chi connectivity index (χ1) is 11.2. The van der Waals surface area contributed by atoms with Gasteiger partial charge in [-0.1, -0.05) is 30.8 Å². The fraction of sp³-hybridized carbons (Fsp3) is 0.0769. The van der Waals surface area contributed by atoms with Gasteiger partial charge in [-0.05, 0) is 17.9 Å². The average molecular weight is 451 g/mol. The maximum absolute atomic E-state index is 11.8. The van der Waals surface area contributed by atoms with E-state index in [0.29, 0.717) is 0 Å². The fourth-order valence-corrected chi connectivity index (χ4v) is 6.20. The molecule has 3 N–H and O–H groups in total. The van der Waals surface area contributed by atoms with E-state index in [2.05, 4.69) is 6.58 Å². The Labute approximate surface area is 182 Å². The minimum absolute atomic E-state index is 0. The van der Waals surface area contributed by atoms with Crippen molar-refractivity contribution in [2.75, 3.05) is 0 Å². The Kier molecular flexibility index (Phi) is 6.72. The van der Waals surface area contributed by atoms with Gasteiger partial charge in [0.2, 0.25) is 0 Å². The Bertz CT molecular complexity index is 1240. The molecule has 0 saturated heterocycles. The first kappa shape index (κ1) is 23.5. The Morgan fingerprint density at radius 3 is 1.54 bits per heavy atom. The van der Waals surface area contributed by atoms with Crippen LogP contribution in [0.25, 0.3) is 16.3 Å². The van der Waals surface area contributed by atoms with Gasteiger partial charge in [-0.3, -0.25) is 13.7 Å². The molecule has 0 atom stereocenters. The van der Waals surface area contributed by atoms with Crippen LogP contribution in [0.4, 0.5) is 0 Å². The molecule has 0 saturated carbocycles. The zero-order valence-corrected chi connectivity index (χ0v) is 17.9. The van der Waals surface area contributed by atoms with E-state index in [1.54, 1.807) is 0 Å². The summed E-state index contributed by atoms with van der Waals surface area (Å²) in [7, 11) is -16.2. The van der Waals surface area contributed by atoms with Crippen LogP contribution in [0.2, 0.25) is 0 Å². The molecule has 26 heavy (non-hydrogen) atoms. The summed E-state index contributed by atoms with van der Waals surface area (Å²) in [4.78, 5) is -4.38. The van der Waals surface area contributed by atoms with Crippen LogP contribution in [-0.4, -0.2) is 76.6 Å². The van der Waals surface area contributed by atoms with Crippen LogP contribution in [0.3, 0.4) is 0 Å². The van der Waals surface area contributed by atoms with Crippen molar-refractivity contribution in [1.82, 2.24) is 0 Å². The van der Waals surface area contributed by atoms with E-state index in [9.17, 15) is 38.9 Å². The van der Waals surface area contributed by atoms with Gasteiger partial charge in [-0.2, -0.15) is 25.3 Å². The van der Waals surface area contributed by atoms with Crippen molar-refractivity contribution in [3.63, 3.8) is 0 Å². The van der Waals surface area contributed by atoms with Crippen LogP contribution in [0, 0.1) is 0 Å². The monoisotopic (exact) mass is 450 g/mol. The van der Waals surface area contributed by atoms with E-state index in [0.717, 1.165) is 6.07 Å². The van der Waals surface area contributed by atoms with Crippen molar-refractivity contribution in [1.29, 1.82) is 0 Å². The van der Waals surface area contributed by atoms with Gasteiger partial charge in [0.05, 0.1) is 0 Å². The van der Waals surface area contributed by atoms with Crippen molar-refractivity contribution in [2.45, 2.75) is 21.6 Å². The second kappa shape index (κ2) is 7.45. The average Bonchev–Trinajstić information content (AvgIpc) is 2.41. The molecule has 0 aliphatic carbocycles. The molecule has 9 nitrogen and oxygen atoms in total. The van der Waals surface area contributed by atoms with E-state index in [1.807, 2.05) is 0 Å². The molecule has 2 rings (SSSR count). The van der Waals surface area contributed by atoms with Gasteiger partial charge in [-0.25, -0.2) is 0 Å². The van der Waals surface area contributed by atoms with E-state index >= 15 is 0 Å². The van der Waals surface area contributed by atoms with Crippen LogP contribution in [0.1, 0.15) is 15.3 Å². The summed E-state index contributed by atoms with van der Waals surface area (Å²) < 4.78 is 99.0. The van der Waals surface area contributed by atoms with Gasteiger partial charge in [0.25, 0.3) is 30.4 Å². The largest absolute Gasteiger partial charge is 2.00 e. The number of fused-ring (bicyclic) bond motifs is 1. The van der Waals surface area contributed by atoms with Crippen molar-refractivity contribution in [3.05, 3.63) is 36.4 Å². The van der Waals surface area contributed by atoms with E-state index < -0.39 is 50.6 Å². The molecule has 2 aromatic carbocycles. The molecule has 0 fully saturated rings. The van der Waals surface area contributed by atoms with E-state index in [-0.39, 0.29) is 56.9 Å². The molecule has 0 aromatic heterocycles. The molecule has 140 valence electrons. The topological polar surface area (TPSA) is 163 Å². The molecule has 2 aromatic rings. The van der Waals surface area contributed by atoms with Crippen LogP contribution >= 0.6 is 0 Å². The molecular weight excluding hydrogens is 436 g/mol. The van der Waals surface area contributed by atoms with E-state index in [4.69, 9.17) is 0 Å². The second-order valence-electron chi connectivity index (χ2n) is 5.11. The molecule has 0 aliphatic heterocycles. The first-order valence-electron chi connectivity index (χ1n) is 6.34. The number of hydrogen-bond acceptors (Lipinski definition) is 6. The van der Waals surface area contributed by atoms with Gasteiger partial charge in [-0.15, -0.1) is 0 Å². The summed E-state index contributed by atoms with van der Waals surface area (Å²) in [5.41, 5.74) is -0.436. The third kappa shape index (κ3) is 4.29. The molecule has 13 heteroatoms. The molecule has 0 amide bonds. The fourth-order valence-electron chi connectivity index (χ4n) is 2.52. The smallest absolute Gasteiger partial charge is 1.00 e. The van der Waals surface area contributed by atoms with Gasteiger partial charge in [0, 0.05) is 10.9 Å². The minimum Gasteiger partial charge on any atom is -1.00 e. The predicted molar refractivity (Wildman–Crippen MR) is 96.1 cm³/mol. The van der Waals surface area contributed by atoms with Crippen molar-refractivity contribution >= 4 is 84.4 Å². The quantitative estimate of drug-likeness (QED) is 0.462. The Morgan fingerprint density at radius 2 is 1.19 bits per heavy atom. The maximum Gasteiger partial charge on any atom is 2.00 e. The van der Waals surface area contributed by atoms with Crippen molar-refractivity contribution in [2.24, 2.45) is 0 Å². The van der Waals surface area contributed by atoms with Gasteiger partial charge in [0.15, 0.2) is 0 Å². The Hall–Kier alpha value is -0.570. The molecule has 0 unspecified atom stereocenters. The molecular formula is C13H14CaO9S3. The number of rotatable bonds is 4. The summed E-state index contributed by atoms with van der Waals surface area (Å²) in [6, 6.07) is 5.05. The summed E-state index contributed by atoms with van der Waals surface area (Å²) in [6.45, 7) is 4.79. The van der Waals surface area contributed by atoms with Crippen LogP contribution in [0.15, 0.2) is 45.5 Å². The molecule has 0 bridgehead atoms. The van der Waals surface area contributed by atoms with Gasteiger partial charge >= 0.3 is 37.7 Å². The summed E-state index contributed by atoms with van der Waals surface area (Å²) in [6.07, 6.45) is 0. The second-order valence-corrected chi connectivity index (χ2v) is 9.19. The van der Waals surface area contributed by atoms with E-state index in [1.165, 1.54) is 25.1 Å². The molecule has 0 spiro atoms. The predicted octanol–water partition coefficient (Wildman–Crippen LogP) is 1.46. The summed E-state index contributed by atoms with van der Waals surface area (Å²) in [5.74, 6) is 0. The van der Waals surface area contributed by atoms with Crippen molar-refractivity contribution in [3.8, 4) is 0 Å².